The zero-order chi connectivity index (χ0) is 17.1. The molecule has 6 N–H and O–H groups in total. The molecule has 128 valence electrons. The summed E-state index contributed by atoms with van der Waals surface area (Å²) in [5, 5.41) is 35.3. The maximum absolute atomic E-state index is 11.9. The molecule has 0 unspecified atom stereocenters. The average Bonchev–Trinajstić information content (AvgIpc) is 3.13. The molecule has 1 aliphatic heterocycles. The first-order chi connectivity index (χ1) is 11.6. The topological polar surface area (TPSA) is 118 Å². The third-order valence-electron chi connectivity index (χ3n) is 4.33. The van der Waals surface area contributed by atoms with Gasteiger partial charge in [-0.05, 0) is 17.7 Å². The van der Waals surface area contributed by atoms with Crippen molar-refractivity contribution in [1.29, 1.82) is 0 Å². The highest BCUT2D eigenvalue weighted by Gasteiger charge is 2.40. The Morgan fingerprint density at radius 2 is 1.96 bits per heavy atom. The molecule has 1 amide bonds. The fourth-order valence-corrected chi connectivity index (χ4v) is 2.96. The second-order valence-electron chi connectivity index (χ2n) is 5.91. The number of hydrogen-bond acceptors (Lipinski definition) is 5. The number of nitrogens with one attached hydrogen (secondary N) is 3. The molecule has 1 aromatic heterocycles. The van der Waals surface area contributed by atoms with Crippen LogP contribution < -0.4 is 10.6 Å². The van der Waals surface area contributed by atoms with E-state index in [1.165, 1.54) is 6.08 Å². The maximum atomic E-state index is 11.9. The first-order valence-corrected chi connectivity index (χ1v) is 7.85. The first-order valence-electron chi connectivity index (χ1n) is 7.85. The van der Waals surface area contributed by atoms with Crippen molar-refractivity contribution in [1.82, 2.24) is 15.6 Å². The Morgan fingerprint density at radius 3 is 2.71 bits per heavy atom. The lowest BCUT2D eigenvalue weighted by atomic mass is 10.1. The summed E-state index contributed by atoms with van der Waals surface area (Å²) in [6.07, 6.45) is 2.91. The molecule has 1 aliphatic rings. The molecule has 0 saturated carbocycles. The lowest BCUT2D eigenvalue weighted by Gasteiger charge is -2.15. The monoisotopic (exact) mass is 331 g/mol. The highest BCUT2D eigenvalue weighted by atomic mass is 16.3. The summed E-state index contributed by atoms with van der Waals surface area (Å²) < 4.78 is 0. The van der Waals surface area contributed by atoms with Gasteiger partial charge in [-0.1, -0.05) is 18.2 Å². The molecule has 2 heterocycles. The lowest BCUT2D eigenvalue weighted by Crippen LogP contribution is -2.43. The fourth-order valence-electron chi connectivity index (χ4n) is 2.96. The van der Waals surface area contributed by atoms with Crippen molar-refractivity contribution < 1.29 is 20.1 Å². The Balaban J connectivity index is 1.56. The van der Waals surface area contributed by atoms with E-state index in [0.29, 0.717) is 0 Å². The molecular formula is C17H21N3O4. The summed E-state index contributed by atoms with van der Waals surface area (Å²) in [6, 6.07) is 6.73. The fraction of sp³-hybridized carbons (Fsp3) is 0.353. The number of rotatable bonds is 5. The normalized spacial score (nSPS) is 27.1. The summed E-state index contributed by atoms with van der Waals surface area (Å²) >= 11 is 0. The third-order valence-corrected chi connectivity index (χ3v) is 4.33. The zero-order valence-electron chi connectivity index (χ0n) is 13.0. The minimum absolute atomic E-state index is 0.159. The van der Waals surface area contributed by atoms with E-state index < -0.39 is 24.3 Å². The largest absolute Gasteiger partial charge is 0.395 e. The van der Waals surface area contributed by atoms with Crippen LogP contribution in [-0.2, 0) is 4.79 Å². The number of benzene rings is 1. The van der Waals surface area contributed by atoms with Crippen molar-refractivity contribution in [3.63, 3.8) is 0 Å². The van der Waals surface area contributed by atoms with Gasteiger partial charge in [-0.25, -0.2) is 0 Å². The van der Waals surface area contributed by atoms with Crippen molar-refractivity contribution in [3.05, 3.63) is 42.1 Å². The Hall–Kier alpha value is -2.19. The maximum Gasteiger partial charge on any atom is 0.244 e. The van der Waals surface area contributed by atoms with Gasteiger partial charge in [0.1, 0.15) is 0 Å². The quantitative estimate of drug-likeness (QED) is 0.407. The van der Waals surface area contributed by atoms with E-state index in [2.05, 4.69) is 15.6 Å². The lowest BCUT2D eigenvalue weighted by molar-refractivity contribution is -0.116. The molecule has 1 aromatic carbocycles. The number of amides is 1. The van der Waals surface area contributed by atoms with E-state index in [4.69, 9.17) is 5.11 Å². The molecule has 1 fully saturated rings. The summed E-state index contributed by atoms with van der Waals surface area (Å²) in [5.74, 6) is -0.295. The number of carbonyl (C=O) groups is 1. The van der Waals surface area contributed by atoms with E-state index >= 15 is 0 Å². The molecule has 3 rings (SSSR count). The van der Waals surface area contributed by atoms with Crippen LogP contribution >= 0.6 is 0 Å². The van der Waals surface area contributed by atoms with Gasteiger partial charge in [0.05, 0.1) is 30.9 Å². The number of aromatic nitrogens is 1. The SMILES string of the molecule is O=C(/C=C/c1c[nH]c2ccccc12)NC[C@H]1N[C@H](CO)[C@@H](O)[C@@H]1O. The number of hydrogen-bond donors (Lipinski definition) is 6. The number of aliphatic hydroxyl groups is 3. The highest BCUT2D eigenvalue weighted by Crippen LogP contribution is 2.18. The van der Waals surface area contributed by atoms with Crippen molar-refractivity contribution >= 4 is 22.9 Å². The second kappa shape index (κ2) is 7.14. The Morgan fingerprint density at radius 1 is 1.21 bits per heavy atom. The summed E-state index contributed by atoms with van der Waals surface area (Å²) in [5.41, 5.74) is 1.91. The van der Waals surface area contributed by atoms with Crippen LogP contribution in [0, 0.1) is 0 Å². The van der Waals surface area contributed by atoms with Gasteiger partial charge in [0, 0.05) is 29.7 Å². The van der Waals surface area contributed by atoms with Crippen LogP contribution in [0.1, 0.15) is 5.56 Å². The number of fused-ring (bicyclic) bond motifs is 1. The van der Waals surface area contributed by atoms with E-state index in [1.54, 1.807) is 6.08 Å². The average molecular weight is 331 g/mol. The van der Waals surface area contributed by atoms with Crippen molar-refractivity contribution in [2.75, 3.05) is 13.2 Å². The summed E-state index contributed by atoms with van der Waals surface area (Å²) in [7, 11) is 0. The summed E-state index contributed by atoms with van der Waals surface area (Å²) in [4.78, 5) is 15.1. The predicted octanol–water partition coefficient (Wildman–Crippen LogP) is -0.648. The van der Waals surface area contributed by atoms with Crippen LogP contribution in [0.25, 0.3) is 17.0 Å². The summed E-state index contributed by atoms with van der Waals surface area (Å²) in [6.45, 7) is -0.116. The van der Waals surface area contributed by atoms with Gasteiger partial charge in [-0.2, -0.15) is 0 Å². The van der Waals surface area contributed by atoms with Crippen molar-refractivity contribution in [3.8, 4) is 0 Å². The number of aromatic amines is 1. The van der Waals surface area contributed by atoms with Gasteiger partial charge >= 0.3 is 0 Å². The molecule has 0 bridgehead atoms. The molecule has 24 heavy (non-hydrogen) atoms. The van der Waals surface area contributed by atoms with Crippen LogP contribution in [0.3, 0.4) is 0 Å². The third kappa shape index (κ3) is 3.34. The van der Waals surface area contributed by atoms with Gasteiger partial charge in [0.25, 0.3) is 0 Å². The smallest absolute Gasteiger partial charge is 0.244 e. The van der Waals surface area contributed by atoms with E-state index in [-0.39, 0.29) is 19.1 Å². The van der Waals surface area contributed by atoms with Crippen LogP contribution in [0.2, 0.25) is 0 Å². The standard InChI is InChI=1S/C17H21N3O4/c21-9-14-17(24)16(23)13(20-14)8-19-15(22)6-5-10-7-18-12-4-2-1-3-11(10)12/h1-7,13-14,16-18,20-21,23-24H,8-9H2,(H,19,22)/b6-5+/t13-,14-,16-,17-/m1/s1. The van der Waals surface area contributed by atoms with Crippen molar-refractivity contribution in [2.45, 2.75) is 24.3 Å². The van der Waals surface area contributed by atoms with Crippen molar-refractivity contribution in [2.24, 2.45) is 0 Å². The molecule has 0 radical (unpaired) electrons. The predicted molar refractivity (Wildman–Crippen MR) is 90.2 cm³/mol. The molecule has 7 nitrogen and oxygen atoms in total. The first kappa shape index (κ1) is 16.7. The molecule has 2 aromatic rings. The van der Waals surface area contributed by atoms with E-state index in [9.17, 15) is 15.0 Å². The van der Waals surface area contributed by atoms with Crippen LogP contribution in [0.4, 0.5) is 0 Å². The van der Waals surface area contributed by atoms with E-state index in [1.807, 2.05) is 30.5 Å². The Bertz CT molecular complexity index is 742. The molecule has 1 saturated heterocycles. The number of aliphatic hydroxyl groups excluding tert-OH is 3. The van der Waals surface area contributed by atoms with Gasteiger partial charge in [0.2, 0.25) is 5.91 Å². The van der Waals surface area contributed by atoms with E-state index in [0.717, 1.165) is 16.5 Å². The molecule has 7 heteroatoms. The van der Waals surface area contributed by atoms with Crippen LogP contribution in [0.15, 0.2) is 36.5 Å². The number of carbonyl (C=O) groups excluding carboxylic acids is 1. The molecular weight excluding hydrogens is 310 g/mol. The van der Waals surface area contributed by atoms with Crippen LogP contribution in [0.5, 0.6) is 0 Å². The molecule has 0 spiro atoms. The van der Waals surface area contributed by atoms with Gasteiger partial charge in [-0.3, -0.25) is 4.79 Å². The minimum atomic E-state index is -1.04. The zero-order valence-corrected chi connectivity index (χ0v) is 13.0. The van der Waals surface area contributed by atoms with Gasteiger partial charge in [-0.15, -0.1) is 0 Å². The van der Waals surface area contributed by atoms with Gasteiger partial charge < -0.3 is 30.9 Å². The number of para-hydroxylation sites is 1. The second-order valence-corrected chi connectivity index (χ2v) is 5.91. The van der Waals surface area contributed by atoms with Gasteiger partial charge in [0.15, 0.2) is 0 Å². The van der Waals surface area contributed by atoms with Crippen LogP contribution in [-0.4, -0.2) is 63.7 Å². The number of H-pyrrole nitrogens is 1. The molecule has 0 aliphatic carbocycles. The minimum Gasteiger partial charge on any atom is -0.395 e. The Kier molecular flexibility index (Phi) is 4.96. The molecule has 4 atom stereocenters. The highest BCUT2D eigenvalue weighted by molar-refractivity contribution is 5.96. The Labute approximate surface area is 139 Å².